The number of allylic oxidation sites excluding steroid dienone is 3. The first-order valence-electron chi connectivity index (χ1n) is 15.2. The third kappa shape index (κ3) is 4.83. The largest absolute Gasteiger partial charge is 0.318 e. The van der Waals surface area contributed by atoms with Gasteiger partial charge in [0.2, 0.25) is 11.4 Å². The van der Waals surface area contributed by atoms with E-state index < -0.39 is 11.6 Å². The number of para-hydroxylation sites is 2. The second-order valence-electron chi connectivity index (χ2n) is 11.8. The number of nitrogens with zero attached hydrogens (tertiary/aromatic N) is 3. The van der Waals surface area contributed by atoms with Crippen LogP contribution in [0.4, 0.5) is 20.2 Å². The quantitative estimate of drug-likeness (QED) is 0.188. The van der Waals surface area contributed by atoms with Gasteiger partial charge in [-0.25, -0.2) is 8.78 Å². The SMILES string of the molecule is C=C1CC2C(CC[N+](c3ccccc3)=C(C)/C=C(/C)N1c1ccccc1)c1cc(F)cc(F)c1-c1c3ccccc3cc[n+]12. The molecule has 0 bridgehead atoms. The topological polar surface area (TPSA) is 10.1 Å². The number of fused-ring (bicyclic) bond motifs is 8. The lowest BCUT2D eigenvalue weighted by Gasteiger charge is -2.34. The third-order valence-corrected chi connectivity index (χ3v) is 9.14. The molecule has 3 nitrogen and oxygen atoms in total. The average Bonchev–Trinajstić information content (AvgIpc) is 3.04. The van der Waals surface area contributed by atoms with Gasteiger partial charge in [-0.2, -0.15) is 9.14 Å². The van der Waals surface area contributed by atoms with Crippen molar-refractivity contribution in [2.24, 2.45) is 0 Å². The van der Waals surface area contributed by atoms with Crippen LogP contribution in [0.25, 0.3) is 22.0 Å². The summed E-state index contributed by atoms with van der Waals surface area (Å²) in [5, 5.41) is 1.97. The molecule has 2 unspecified atom stereocenters. The van der Waals surface area contributed by atoms with Gasteiger partial charge in [-0.3, -0.25) is 0 Å². The van der Waals surface area contributed by atoms with Crippen LogP contribution in [0, 0.1) is 11.6 Å². The third-order valence-electron chi connectivity index (χ3n) is 9.14. The Labute approximate surface area is 257 Å². The van der Waals surface area contributed by atoms with E-state index >= 15 is 8.78 Å². The predicted octanol–water partition coefficient (Wildman–Crippen LogP) is 9.23. The number of hydrogen-bond donors (Lipinski definition) is 0. The highest BCUT2D eigenvalue weighted by atomic mass is 19.1. The van der Waals surface area contributed by atoms with Crippen molar-refractivity contribution in [3.63, 3.8) is 0 Å². The number of hydrogen-bond acceptors (Lipinski definition) is 1. The van der Waals surface area contributed by atoms with Crippen molar-refractivity contribution in [2.75, 3.05) is 11.4 Å². The monoisotopic (exact) mass is 583 g/mol. The van der Waals surface area contributed by atoms with Gasteiger partial charge in [-0.05, 0) is 42.1 Å². The number of pyridine rings is 1. The van der Waals surface area contributed by atoms with Crippen molar-refractivity contribution >= 4 is 27.9 Å². The highest BCUT2D eigenvalue weighted by Gasteiger charge is 2.44. The number of benzene rings is 4. The second kappa shape index (κ2) is 11.3. The fourth-order valence-corrected chi connectivity index (χ4v) is 7.27. The lowest BCUT2D eigenvalue weighted by Crippen LogP contribution is -2.49. The molecule has 0 amide bonds. The summed E-state index contributed by atoms with van der Waals surface area (Å²) in [7, 11) is 0. The van der Waals surface area contributed by atoms with Gasteiger partial charge >= 0.3 is 0 Å². The molecule has 0 N–H and O–H groups in total. The lowest BCUT2D eigenvalue weighted by molar-refractivity contribution is -0.717. The minimum atomic E-state index is -0.548. The summed E-state index contributed by atoms with van der Waals surface area (Å²) in [5.74, 6) is -1.24. The van der Waals surface area contributed by atoms with Crippen LogP contribution in [-0.4, -0.2) is 16.8 Å². The van der Waals surface area contributed by atoms with E-state index in [0.717, 1.165) is 56.6 Å². The number of aromatic nitrogens is 1. The average molecular weight is 584 g/mol. The number of halogens is 2. The Kier molecular flexibility index (Phi) is 7.17. The van der Waals surface area contributed by atoms with Crippen LogP contribution in [0.2, 0.25) is 0 Å². The molecule has 1 aromatic heterocycles. The Hall–Kier alpha value is -4.90. The van der Waals surface area contributed by atoms with Gasteiger partial charge < -0.3 is 4.90 Å². The second-order valence-corrected chi connectivity index (χ2v) is 11.8. The zero-order valence-corrected chi connectivity index (χ0v) is 25.1. The summed E-state index contributed by atoms with van der Waals surface area (Å²) >= 11 is 0. The Balaban J connectivity index is 1.49. The van der Waals surface area contributed by atoms with Crippen molar-refractivity contribution in [2.45, 2.75) is 38.6 Å². The summed E-state index contributed by atoms with van der Waals surface area (Å²) in [6, 6.07) is 33.2. The zero-order chi connectivity index (χ0) is 30.4. The van der Waals surface area contributed by atoms with Crippen LogP contribution in [0.1, 0.15) is 44.2 Å². The van der Waals surface area contributed by atoms with Gasteiger partial charge in [-0.15, -0.1) is 0 Å². The van der Waals surface area contributed by atoms with Crippen molar-refractivity contribution in [1.29, 1.82) is 0 Å². The highest BCUT2D eigenvalue weighted by Crippen LogP contribution is 2.46. The van der Waals surface area contributed by atoms with Crippen molar-refractivity contribution in [3.8, 4) is 11.3 Å². The van der Waals surface area contributed by atoms with E-state index in [1.165, 1.54) is 0 Å². The smallest absolute Gasteiger partial charge is 0.223 e. The molecule has 0 radical (unpaired) electrons. The van der Waals surface area contributed by atoms with Crippen molar-refractivity contribution in [3.05, 3.63) is 151 Å². The molecule has 2 atom stereocenters. The van der Waals surface area contributed by atoms with Gasteiger partial charge in [0, 0.05) is 60.8 Å². The van der Waals surface area contributed by atoms with E-state index in [0.29, 0.717) is 24.9 Å². The molecule has 7 rings (SSSR count). The van der Waals surface area contributed by atoms with Crippen LogP contribution in [0.15, 0.2) is 133 Å². The van der Waals surface area contributed by atoms with Crippen LogP contribution in [-0.2, 0) is 0 Å². The van der Waals surface area contributed by atoms with Gasteiger partial charge in [0.1, 0.15) is 18.2 Å². The molecule has 218 valence electrons. The standard InChI is InChI=1S/C39H35F2N3/c1-26-22-27(2)44(32-15-8-5-9-16-32)28(3)23-37-34(19-21-42(26)31-13-6-4-7-14-31)35-24-30(40)25-36(41)38(35)39-33-17-11-10-12-29(33)18-20-43(37)39/h4-18,20,22,24-25,34,37H,3,19,21,23H2,1-2H3/q+2. The summed E-state index contributed by atoms with van der Waals surface area (Å²) in [5.41, 5.74) is 7.17. The van der Waals surface area contributed by atoms with E-state index in [4.69, 9.17) is 0 Å². The maximum atomic E-state index is 16.0. The molecular weight excluding hydrogens is 548 g/mol. The van der Waals surface area contributed by atoms with Gasteiger partial charge in [0.05, 0.1) is 23.3 Å². The predicted molar refractivity (Wildman–Crippen MR) is 174 cm³/mol. The summed E-state index contributed by atoms with van der Waals surface area (Å²) in [6.07, 6.45) is 5.58. The first kappa shape index (κ1) is 27.9. The van der Waals surface area contributed by atoms with E-state index in [-0.39, 0.29) is 12.0 Å². The highest BCUT2D eigenvalue weighted by molar-refractivity contribution is 5.94. The number of anilines is 1. The van der Waals surface area contributed by atoms with Crippen molar-refractivity contribution in [1.82, 2.24) is 0 Å². The lowest BCUT2D eigenvalue weighted by atomic mass is 9.78. The zero-order valence-electron chi connectivity index (χ0n) is 25.1. The molecular formula is C39H35F2N3+2. The molecule has 2 aliphatic heterocycles. The molecule has 4 aromatic carbocycles. The Morgan fingerprint density at radius 1 is 0.841 bits per heavy atom. The van der Waals surface area contributed by atoms with Crippen LogP contribution in [0.5, 0.6) is 0 Å². The fraction of sp³-hybridized carbons (Fsp3) is 0.179. The molecule has 2 aliphatic rings. The first-order chi connectivity index (χ1) is 21.4. The molecule has 5 aromatic rings. The molecule has 5 heteroatoms. The molecule has 0 aliphatic carbocycles. The fourth-order valence-electron chi connectivity index (χ4n) is 7.27. The molecule has 44 heavy (non-hydrogen) atoms. The maximum absolute atomic E-state index is 16.0. The van der Waals surface area contributed by atoms with Gasteiger partial charge in [0.25, 0.3) is 0 Å². The van der Waals surface area contributed by atoms with E-state index in [1.54, 1.807) is 6.07 Å². The number of rotatable bonds is 2. The van der Waals surface area contributed by atoms with Crippen molar-refractivity contribution < 1.29 is 17.9 Å². The molecule has 0 saturated heterocycles. The van der Waals surface area contributed by atoms with Crippen LogP contribution >= 0.6 is 0 Å². The van der Waals surface area contributed by atoms with E-state index in [1.807, 2.05) is 60.7 Å². The summed E-state index contributed by atoms with van der Waals surface area (Å²) in [4.78, 5) is 2.22. The maximum Gasteiger partial charge on any atom is 0.223 e. The molecule has 0 saturated carbocycles. The summed E-state index contributed by atoms with van der Waals surface area (Å²) in [6.45, 7) is 9.58. The van der Waals surface area contributed by atoms with Gasteiger partial charge in [-0.1, -0.05) is 61.2 Å². The summed E-state index contributed by atoms with van der Waals surface area (Å²) < 4.78 is 35.7. The Morgan fingerprint density at radius 3 is 2.32 bits per heavy atom. The first-order valence-corrected chi connectivity index (χ1v) is 15.2. The minimum absolute atomic E-state index is 0.120. The molecule has 0 fully saturated rings. The Morgan fingerprint density at radius 2 is 1.55 bits per heavy atom. The van der Waals surface area contributed by atoms with Crippen LogP contribution < -0.4 is 9.47 Å². The van der Waals surface area contributed by atoms with E-state index in [2.05, 4.69) is 77.1 Å². The van der Waals surface area contributed by atoms with Gasteiger partial charge in [0.15, 0.2) is 18.0 Å². The van der Waals surface area contributed by atoms with Crippen LogP contribution in [0.3, 0.4) is 0 Å². The minimum Gasteiger partial charge on any atom is -0.318 e. The van der Waals surface area contributed by atoms with E-state index in [9.17, 15) is 0 Å². The Bertz CT molecular complexity index is 1960. The normalized spacial score (nSPS) is 19.9. The molecule has 0 spiro atoms. The molecule has 3 heterocycles.